The second-order valence-electron chi connectivity index (χ2n) is 8.62. The fraction of sp³-hybridized carbons (Fsp3) is 0.739. The molecule has 0 aromatic heterocycles. The zero-order chi connectivity index (χ0) is 21.2. The molecule has 30 heavy (non-hydrogen) atoms. The second kappa shape index (κ2) is 12.5. The number of likely N-dealkylation sites (N-methyl/N-ethyl adjacent to an activating group) is 1. The van der Waals surface area contributed by atoms with E-state index >= 15 is 0 Å². The van der Waals surface area contributed by atoms with E-state index in [1.165, 1.54) is 32.4 Å². The minimum Gasteiger partial charge on any atom is -0.497 e. The molecule has 1 aromatic rings. The molecule has 7 heteroatoms. The van der Waals surface area contributed by atoms with Crippen LogP contribution in [-0.2, 0) is 6.54 Å². The molecule has 2 saturated heterocycles. The zero-order valence-corrected chi connectivity index (χ0v) is 18.8. The van der Waals surface area contributed by atoms with E-state index < -0.39 is 6.10 Å². The molecule has 0 amide bonds. The smallest absolute Gasteiger partial charge is 0.127 e. The minimum absolute atomic E-state index is 0.292. The van der Waals surface area contributed by atoms with Crippen molar-refractivity contribution in [2.24, 2.45) is 0 Å². The Morgan fingerprint density at radius 1 is 1.03 bits per heavy atom. The van der Waals surface area contributed by atoms with Crippen LogP contribution in [0.2, 0.25) is 0 Å². The van der Waals surface area contributed by atoms with Gasteiger partial charge in [0, 0.05) is 64.0 Å². The highest BCUT2D eigenvalue weighted by Crippen LogP contribution is 2.25. The van der Waals surface area contributed by atoms with Crippen molar-refractivity contribution in [1.82, 2.24) is 20.0 Å². The number of likely N-dealkylation sites (tertiary alicyclic amines) is 1. The molecule has 7 nitrogen and oxygen atoms in total. The molecule has 3 rings (SSSR count). The standard InChI is InChI=1S/C23H40N4O3/c1-25-12-14-27(15-13-25)18-21(28)19-30-23-16-22(29-2)7-6-20(23)17-24-8-11-26-9-4-3-5-10-26/h6-7,16,21,24,28H,3-5,8-15,17-19H2,1-2H3. The van der Waals surface area contributed by atoms with Crippen molar-refractivity contribution in [3.05, 3.63) is 23.8 Å². The van der Waals surface area contributed by atoms with Gasteiger partial charge >= 0.3 is 0 Å². The van der Waals surface area contributed by atoms with Gasteiger partial charge in [0.1, 0.15) is 24.2 Å². The molecule has 170 valence electrons. The average Bonchev–Trinajstić information content (AvgIpc) is 2.78. The summed E-state index contributed by atoms with van der Waals surface area (Å²) in [6.07, 6.45) is 3.52. The summed E-state index contributed by atoms with van der Waals surface area (Å²) in [4.78, 5) is 7.17. The number of piperazine rings is 1. The molecule has 0 aliphatic carbocycles. The first-order valence-electron chi connectivity index (χ1n) is 11.5. The number of aliphatic hydroxyl groups excluding tert-OH is 1. The summed E-state index contributed by atoms with van der Waals surface area (Å²) in [5, 5.41) is 14.0. The van der Waals surface area contributed by atoms with Crippen molar-refractivity contribution < 1.29 is 14.6 Å². The number of aliphatic hydroxyl groups is 1. The molecule has 2 fully saturated rings. The molecule has 0 spiro atoms. The maximum absolute atomic E-state index is 10.5. The van der Waals surface area contributed by atoms with Crippen molar-refractivity contribution in [1.29, 1.82) is 0 Å². The molecule has 1 atom stereocenters. The van der Waals surface area contributed by atoms with Crippen molar-refractivity contribution in [2.75, 3.05) is 79.7 Å². The molecule has 1 aromatic carbocycles. The molecule has 1 unspecified atom stereocenters. The summed E-state index contributed by atoms with van der Waals surface area (Å²) >= 11 is 0. The lowest BCUT2D eigenvalue weighted by Gasteiger charge is -2.33. The summed E-state index contributed by atoms with van der Waals surface area (Å²) in [7, 11) is 3.81. The first-order valence-corrected chi connectivity index (χ1v) is 11.5. The number of β-amino-alcohol motifs (C(OH)–C–C–N with tert-alkyl or cyclic N) is 1. The molecular weight excluding hydrogens is 380 g/mol. The van der Waals surface area contributed by atoms with Crippen LogP contribution in [0.3, 0.4) is 0 Å². The second-order valence-corrected chi connectivity index (χ2v) is 8.62. The Hall–Kier alpha value is -1.38. The van der Waals surface area contributed by atoms with Crippen molar-refractivity contribution in [3.8, 4) is 11.5 Å². The van der Waals surface area contributed by atoms with Gasteiger partial charge in [-0.25, -0.2) is 0 Å². The maximum atomic E-state index is 10.5. The SMILES string of the molecule is COc1ccc(CNCCN2CCCCC2)c(OCC(O)CN2CCN(C)CC2)c1. The van der Waals surface area contributed by atoms with E-state index in [0.29, 0.717) is 13.2 Å². The van der Waals surface area contributed by atoms with E-state index in [1.54, 1.807) is 7.11 Å². The van der Waals surface area contributed by atoms with Crippen LogP contribution >= 0.6 is 0 Å². The molecule has 2 aliphatic rings. The molecule has 0 saturated carbocycles. The Morgan fingerprint density at radius 3 is 2.53 bits per heavy atom. The molecule has 0 radical (unpaired) electrons. The quantitative estimate of drug-likeness (QED) is 0.523. The van der Waals surface area contributed by atoms with Crippen LogP contribution < -0.4 is 14.8 Å². The predicted octanol–water partition coefficient (Wildman–Crippen LogP) is 1.26. The Kier molecular flexibility index (Phi) is 9.68. The van der Waals surface area contributed by atoms with Crippen molar-refractivity contribution in [2.45, 2.75) is 31.9 Å². The Balaban J connectivity index is 1.45. The summed E-state index contributed by atoms with van der Waals surface area (Å²) in [6, 6.07) is 5.94. The topological polar surface area (TPSA) is 60.4 Å². The third-order valence-electron chi connectivity index (χ3n) is 6.14. The van der Waals surface area contributed by atoms with Crippen LogP contribution in [0.25, 0.3) is 0 Å². The van der Waals surface area contributed by atoms with Crippen LogP contribution in [0.1, 0.15) is 24.8 Å². The molecular formula is C23H40N4O3. The largest absolute Gasteiger partial charge is 0.497 e. The summed E-state index contributed by atoms with van der Waals surface area (Å²) in [5.74, 6) is 1.56. The number of hydrogen-bond acceptors (Lipinski definition) is 7. The zero-order valence-electron chi connectivity index (χ0n) is 18.8. The van der Waals surface area contributed by atoms with Crippen molar-refractivity contribution >= 4 is 0 Å². The Morgan fingerprint density at radius 2 is 1.80 bits per heavy atom. The molecule has 0 bridgehead atoms. The number of hydrogen-bond donors (Lipinski definition) is 2. The highest BCUT2D eigenvalue weighted by molar-refractivity contribution is 5.40. The monoisotopic (exact) mass is 420 g/mol. The number of benzene rings is 1. The average molecular weight is 421 g/mol. The molecule has 2 N–H and O–H groups in total. The van der Waals surface area contributed by atoms with E-state index in [9.17, 15) is 5.11 Å². The first-order chi connectivity index (χ1) is 14.6. The number of rotatable bonds is 11. The molecule has 2 aliphatic heterocycles. The lowest BCUT2D eigenvalue weighted by atomic mass is 10.1. The Bertz CT molecular complexity index is 616. The number of nitrogens with zero attached hydrogens (tertiary/aromatic N) is 3. The third kappa shape index (κ3) is 7.71. The van der Waals surface area contributed by atoms with Gasteiger partial charge < -0.3 is 29.7 Å². The van der Waals surface area contributed by atoms with Gasteiger partial charge in [0.05, 0.1) is 7.11 Å². The summed E-state index contributed by atoms with van der Waals surface area (Å²) in [6.45, 7) is 10.3. The highest BCUT2D eigenvalue weighted by atomic mass is 16.5. The highest BCUT2D eigenvalue weighted by Gasteiger charge is 2.18. The lowest BCUT2D eigenvalue weighted by molar-refractivity contribution is 0.0501. The van der Waals surface area contributed by atoms with Crippen LogP contribution in [0.15, 0.2) is 18.2 Å². The summed E-state index contributed by atoms with van der Waals surface area (Å²) in [5.41, 5.74) is 1.10. The van der Waals surface area contributed by atoms with Gasteiger partial charge in [-0.2, -0.15) is 0 Å². The molecule has 2 heterocycles. The van der Waals surface area contributed by atoms with Gasteiger partial charge in [0.2, 0.25) is 0 Å². The fourth-order valence-corrected chi connectivity index (χ4v) is 4.15. The first kappa shape index (κ1) is 23.3. The minimum atomic E-state index is -0.500. The van der Waals surface area contributed by atoms with E-state index in [2.05, 4.69) is 33.1 Å². The summed E-state index contributed by atoms with van der Waals surface area (Å²) < 4.78 is 11.4. The number of nitrogens with one attached hydrogen (secondary N) is 1. The van der Waals surface area contributed by atoms with Gasteiger partial charge in [0.15, 0.2) is 0 Å². The van der Waals surface area contributed by atoms with E-state index in [-0.39, 0.29) is 0 Å². The third-order valence-corrected chi connectivity index (χ3v) is 6.14. The predicted molar refractivity (Wildman–Crippen MR) is 120 cm³/mol. The van der Waals surface area contributed by atoms with Gasteiger partial charge in [0.25, 0.3) is 0 Å². The van der Waals surface area contributed by atoms with Gasteiger partial charge in [-0.3, -0.25) is 4.90 Å². The van der Waals surface area contributed by atoms with E-state index in [4.69, 9.17) is 9.47 Å². The van der Waals surface area contributed by atoms with E-state index in [0.717, 1.165) is 62.9 Å². The van der Waals surface area contributed by atoms with Crippen LogP contribution in [0.4, 0.5) is 0 Å². The number of piperidine rings is 1. The van der Waals surface area contributed by atoms with Gasteiger partial charge in [-0.1, -0.05) is 12.5 Å². The Labute approximate surface area is 181 Å². The fourth-order valence-electron chi connectivity index (χ4n) is 4.15. The van der Waals surface area contributed by atoms with Crippen LogP contribution in [-0.4, -0.2) is 106 Å². The van der Waals surface area contributed by atoms with Crippen molar-refractivity contribution in [3.63, 3.8) is 0 Å². The van der Waals surface area contributed by atoms with Crippen LogP contribution in [0.5, 0.6) is 11.5 Å². The maximum Gasteiger partial charge on any atom is 0.127 e. The van der Waals surface area contributed by atoms with Gasteiger partial charge in [-0.05, 0) is 39.0 Å². The number of ether oxygens (including phenoxy) is 2. The number of methoxy groups -OCH3 is 1. The normalized spacial score (nSPS) is 20.2. The van der Waals surface area contributed by atoms with Crippen LogP contribution in [0, 0.1) is 0 Å². The van der Waals surface area contributed by atoms with Gasteiger partial charge in [-0.15, -0.1) is 0 Å². The van der Waals surface area contributed by atoms with E-state index in [1.807, 2.05) is 12.1 Å². The lowest BCUT2D eigenvalue weighted by Crippen LogP contribution is -2.47.